The van der Waals surface area contributed by atoms with Crippen molar-refractivity contribution in [2.24, 2.45) is 0 Å². The zero-order valence-electron chi connectivity index (χ0n) is 20.4. The number of piperazine rings is 1. The molecule has 2 bridgehead atoms. The average molecular weight is 548 g/mol. The van der Waals surface area contributed by atoms with Crippen LogP contribution in [0.1, 0.15) is 23.2 Å². The molecule has 194 valence electrons. The van der Waals surface area contributed by atoms with Gasteiger partial charge in [0.25, 0.3) is 5.91 Å². The minimum Gasteiger partial charge on any atom is -0.393 e. The Kier molecular flexibility index (Phi) is 6.44. The van der Waals surface area contributed by atoms with Gasteiger partial charge in [-0.15, -0.1) is 0 Å². The molecular weight excluding hydrogens is 522 g/mol. The fourth-order valence-electron chi connectivity index (χ4n) is 5.65. The van der Waals surface area contributed by atoms with Crippen LogP contribution in [0.4, 0.5) is 0 Å². The first kappa shape index (κ1) is 25.0. The first-order valence-electron chi connectivity index (χ1n) is 12.5. The number of fused-ring (bicyclic) bond motifs is 3. The van der Waals surface area contributed by atoms with Gasteiger partial charge >= 0.3 is 0 Å². The molecule has 0 aliphatic carbocycles. The van der Waals surface area contributed by atoms with Crippen LogP contribution in [-0.4, -0.2) is 64.9 Å². The van der Waals surface area contributed by atoms with Gasteiger partial charge in [0.15, 0.2) is 0 Å². The fourth-order valence-corrected chi connectivity index (χ4v) is 7.38. The number of aromatic nitrogens is 1. The zero-order valence-corrected chi connectivity index (χ0v) is 22.0. The van der Waals surface area contributed by atoms with Gasteiger partial charge < -0.3 is 10.0 Å². The summed E-state index contributed by atoms with van der Waals surface area (Å²) in [5.74, 6) is -0.146. The number of amides is 1. The van der Waals surface area contributed by atoms with Crippen LogP contribution in [0.3, 0.4) is 0 Å². The van der Waals surface area contributed by atoms with Crippen LogP contribution < -0.4 is 0 Å². The molecule has 38 heavy (non-hydrogen) atoms. The highest BCUT2D eigenvalue weighted by Gasteiger charge is 2.46. The van der Waals surface area contributed by atoms with Crippen LogP contribution in [0.5, 0.6) is 0 Å². The molecule has 9 heteroatoms. The molecule has 2 fully saturated rings. The Bertz CT molecular complexity index is 1600. The Morgan fingerprint density at radius 3 is 2.13 bits per heavy atom. The Labute approximate surface area is 226 Å². The highest BCUT2D eigenvalue weighted by atomic mass is 35.5. The van der Waals surface area contributed by atoms with Crippen molar-refractivity contribution < 1.29 is 18.3 Å². The van der Waals surface area contributed by atoms with E-state index >= 15 is 0 Å². The molecule has 6 rings (SSSR count). The first-order valence-corrected chi connectivity index (χ1v) is 14.3. The van der Waals surface area contributed by atoms with Crippen molar-refractivity contribution in [2.75, 3.05) is 13.1 Å². The van der Waals surface area contributed by atoms with E-state index in [-0.39, 0.29) is 23.9 Å². The van der Waals surface area contributed by atoms with E-state index in [4.69, 9.17) is 11.6 Å². The second-order valence-electron chi connectivity index (χ2n) is 9.93. The maximum atomic E-state index is 13.7. The van der Waals surface area contributed by atoms with Gasteiger partial charge in [-0.05, 0) is 83.3 Å². The Morgan fingerprint density at radius 2 is 1.45 bits per heavy atom. The molecule has 7 nitrogen and oxygen atoms in total. The summed E-state index contributed by atoms with van der Waals surface area (Å²) in [5.41, 5.74) is 2.53. The smallest absolute Gasteiger partial charge is 0.254 e. The number of piperidine rings is 1. The van der Waals surface area contributed by atoms with Gasteiger partial charge in [-0.3, -0.25) is 9.78 Å². The number of aliphatic hydroxyl groups is 1. The van der Waals surface area contributed by atoms with Crippen molar-refractivity contribution in [1.82, 2.24) is 14.2 Å². The average Bonchev–Trinajstić information content (AvgIpc) is 2.92. The molecule has 0 saturated carbocycles. The van der Waals surface area contributed by atoms with Gasteiger partial charge in [-0.2, -0.15) is 4.31 Å². The standard InChI is InChI=1S/C29H26ClN3O4S/c30-24-7-5-23-14-28(8-6-22(23)13-24)38(36,37)32-17-25-15-27(34)16-26(18-32)33(25)29(35)21-3-1-19(2-4-21)20-9-11-31-12-10-20/h1-14,25-27,34H,15-18H2. The molecule has 2 saturated heterocycles. The van der Waals surface area contributed by atoms with E-state index in [9.17, 15) is 18.3 Å². The number of aliphatic hydroxyl groups excluding tert-OH is 1. The van der Waals surface area contributed by atoms with Gasteiger partial charge in [0.2, 0.25) is 10.0 Å². The highest BCUT2D eigenvalue weighted by Crippen LogP contribution is 2.34. The SMILES string of the molecule is O=C(c1ccc(-c2ccncc2)cc1)N1C2CC(O)CC1CN(S(=O)(=O)c1ccc3cc(Cl)ccc3c1)C2. The lowest BCUT2D eigenvalue weighted by Crippen LogP contribution is -2.65. The van der Waals surface area contributed by atoms with Gasteiger partial charge in [0, 0.05) is 48.2 Å². The molecule has 1 aromatic heterocycles. The summed E-state index contributed by atoms with van der Waals surface area (Å²) in [5, 5.41) is 12.7. The fraction of sp³-hybridized carbons (Fsp3) is 0.241. The van der Waals surface area contributed by atoms with Crippen LogP contribution >= 0.6 is 11.6 Å². The summed E-state index contributed by atoms with van der Waals surface area (Å²) in [6.07, 6.45) is 3.54. The van der Waals surface area contributed by atoms with Crippen molar-refractivity contribution >= 4 is 38.3 Å². The number of rotatable bonds is 4. The van der Waals surface area contributed by atoms with E-state index < -0.39 is 28.2 Å². The monoisotopic (exact) mass is 547 g/mol. The van der Waals surface area contributed by atoms with Gasteiger partial charge in [-0.25, -0.2) is 8.42 Å². The molecule has 2 unspecified atom stereocenters. The van der Waals surface area contributed by atoms with Gasteiger partial charge in [-0.1, -0.05) is 35.9 Å². The molecule has 0 spiro atoms. The van der Waals surface area contributed by atoms with Crippen LogP contribution in [0.15, 0.2) is 90.1 Å². The molecule has 1 N–H and O–H groups in total. The first-order chi connectivity index (χ1) is 18.3. The van der Waals surface area contributed by atoms with E-state index in [1.807, 2.05) is 24.3 Å². The van der Waals surface area contributed by atoms with Crippen LogP contribution in [0.25, 0.3) is 21.9 Å². The minimum atomic E-state index is -3.80. The second-order valence-corrected chi connectivity index (χ2v) is 12.3. The molecule has 2 aliphatic rings. The van der Waals surface area contributed by atoms with Gasteiger partial charge in [0.1, 0.15) is 0 Å². The molecule has 1 amide bonds. The number of hydrogen-bond donors (Lipinski definition) is 1. The van der Waals surface area contributed by atoms with E-state index in [2.05, 4.69) is 4.98 Å². The summed E-state index contributed by atoms with van der Waals surface area (Å²) in [6, 6.07) is 20.7. The largest absolute Gasteiger partial charge is 0.393 e. The molecule has 0 radical (unpaired) electrons. The number of nitrogens with zero attached hydrogens (tertiary/aromatic N) is 3. The lowest BCUT2D eigenvalue weighted by atomic mass is 9.89. The van der Waals surface area contributed by atoms with Crippen molar-refractivity contribution in [2.45, 2.75) is 35.9 Å². The predicted molar refractivity (Wildman–Crippen MR) is 146 cm³/mol. The Hall–Kier alpha value is -3.30. The van der Waals surface area contributed by atoms with E-state index in [1.54, 1.807) is 65.8 Å². The molecule has 2 atom stereocenters. The zero-order chi connectivity index (χ0) is 26.4. The van der Waals surface area contributed by atoms with Crippen LogP contribution in [0.2, 0.25) is 5.02 Å². The van der Waals surface area contributed by atoms with Crippen LogP contribution in [-0.2, 0) is 10.0 Å². The van der Waals surface area contributed by atoms with E-state index in [0.717, 1.165) is 21.9 Å². The lowest BCUT2D eigenvalue weighted by molar-refractivity contribution is -0.0246. The molecule has 2 aliphatic heterocycles. The molecule has 4 aromatic rings. The Morgan fingerprint density at radius 1 is 0.842 bits per heavy atom. The third-order valence-electron chi connectivity index (χ3n) is 7.50. The van der Waals surface area contributed by atoms with Crippen LogP contribution in [0, 0.1) is 0 Å². The number of benzene rings is 3. The summed E-state index contributed by atoms with van der Waals surface area (Å²) in [7, 11) is -3.80. The summed E-state index contributed by atoms with van der Waals surface area (Å²) in [4.78, 5) is 19.7. The molecule has 3 heterocycles. The summed E-state index contributed by atoms with van der Waals surface area (Å²) in [6.45, 7) is 0.269. The van der Waals surface area contributed by atoms with Crippen molar-refractivity contribution in [1.29, 1.82) is 0 Å². The van der Waals surface area contributed by atoms with E-state index in [0.29, 0.717) is 23.4 Å². The Balaban J connectivity index is 1.25. The number of carbonyl (C=O) groups excluding carboxylic acids is 1. The predicted octanol–water partition coefficient (Wildman–Crippen LogP) is 4.59. The maximum absolute atomic E-state index is 13.7. The highest BCUT2D eigenvalue weighted by molar-refractivity contribution is 7.89. The third kappa shape index (κ3) is 4.58. The number of hydrogen-bond acceptors (Lipinski definition) is 5. The lowest BCUT2D eigenvalue weighted by Gasteiger charge is -2.50. The van der Waals surface area contributed by atoms with E-state index in [1.165, 1.54) is 4.31 Å². The van der Waals surface area contributed by atoms with Crippen molar-refractivity contribution in [3.8, 4) is 11.1 Å². The number of carbonyl (C=O) groups is 1. The van der Waals surface area contributed by atoms with Crippen molar-refractivity contribution in [3.63, 3.8) is 0 Å². The maximum Gasteiger partial charge on any atom is 0.254 e. The number of pyridine rings is 1. The number of sulfonamides is 1. The molecule has 3 aromatic carbocycles. The van der Waals surface area contributed by atoms with Crippen molar-refractivity contribution in [3.05, 3.63) is 95.8 Å². The van der Waals surface area contributed by atoms with Gasteiger partial charge in [0.05, 0.1) is 11.0 Å². The summed E-state index contributed by atoms with van der Waals surface area (Å²) < 4.78 is 28.8. The quantitative estimate of drug-likeness (QED) is 0.403. The normalized spacial score (nSPS) is 21.9. The second kappa shape index (κ2) is 9.78. The third-order valence-corrected chi connectivity index (χ3v) is 9.56. The number of halogens is 1. The molecular formula is C29H26ClN3O4S. The topological polar surface area (TPSA) is 90.8 Å². The summed E-state index contributed by atoms with van der Waals surface area (Å²) >= 11 is 6.07. The minimum absolute atomic E-state index is 0.134.